The molecule has 0 saturated heterocycles. The number of hydrogen-bond donors (Lipinski definition) is 3. The molecule has 0 aliphatic carbocycles. The lowest BCUT2D eigenvalue weighted by atomic mass is 10.0. The molecule has 0 spiro atoms. The van der Waals surface area contributed by atoms with Crippen molar-refractivity contribution in [2.75, 3.05) is 7.05 Å². The minimum absolute atomic E-state index is 0.0119. The van der Waals surface area contributed by atoms with E-state index in [2.05, 4.69) is 30.4 Å². The molecule has 3 N–H and O–H groups in total. The highest BCUT2D eigenvalue weighted by Crippen LogP contribution is 2.31. The van der Waals surface area contributed by atoms with E-state index in [0.717, 1.165) is 22.2 Å². The molecule has 30 heavy (non-hydrogen) atoms. The normalized spacial score (nSPS) is 11.8. The number of aliphatic imine (C=N–C) groups is 1. The molecule has 4 aromatic rings. The Balaban J connectivity index is 1.73. The van der Waals surface area contributed by atoms with E-state index in [1.807, 2.05) is 19.1 Å². The quantitative estimate of drug-likeness (QED) is 0.443. The molecule has 0 aliphatic heterocycles. The molecule has 0 saturated carbocycles. The minimum Gasteiger partial charge on any atom is -0.494 e. The van der Waals surface area contributed by atoms with Gasteiger partial charge in [0.05, 0.1) is 28.7 Å². The van der Waals surface area contributed by atoms with Crippen LogP contribution in [0.2, 0.25) is 0 Å². The van der Waals surface area contributed by atoms with Gasteiger partial charge in [-0.15, -0.1) is 0 Å². The van der Waals surface area contributed by atoms with Crippen LogP contribution >= 0.6 is 0 Å². The molecule has 0 bridgehead atoms. The van der Waals surface area contributed by atoms with Crippen LogP contribution in [0, 0.1) is 6.92 Å². The number of hydrogen-bond acceptors (Lipinski definition) is 6. The summed E-state index contributed by atoms with van der Waals surface area (Å²) >= 11 is 0. The largest absolute Gasteiger partial charge is 0.494 e. The van der Waals surface area contributed by atoms with Gasteiger partial charge in [-0.3, -0.25) is 19.4 Å². The Morgan fingerprint density at radius 3 is 2.93 bits per heavy atom. The van der Waals surface area contributed by atoms with Crippen LogP contribution in [-0.4, -0.2) is 48.5 Å². The average Bonchev–Trinajstić information content (AvgIpc) is 3.30. The third-order valence-electron chi connectivity index (χ3n) is 4.83. The van der Waals surface area contributed by atoms with Gasteiger partial charge in [-0.05, 0) is 31.5 Å². The lowest BCUT2D eigenvalue weighted by Crippen LogP contribution is -2.23. The molecule has 0 fully saturated rings. The summed E-state index contributed by atoms with van der Waals surface area (Å²) in [5.41, 5.74) is 4.61. The summed E-state index contributed by atoms with van der Waals surface area (Å²) in [6.45, 7) is 3.92. The number of H-pyrrole nitrogens is 1. The highest BCUT2D eigenvalue weighted by Gasteiger charge is 2.16. The molecule has 0 aliphatic rings. The standard InChI is InChI=1S/C21H21N7O2/c1-12-4-6-23-9-15(12)16-8-14-17(10-24-16)26-21(30)20(14)13(2)25-18-5-7-28(27-18)11-19(29)22-3/h4-10,26,30H,11H2,1-3H3,(H,22,29). The van der Waals surface area contributed by atoms with E-state index in [4.69, 9.17) is 0 Å². The van der Waals surface area contributed by atoms with Gasteiger partial charge in [-0.2, -0.15) is 5.10 Å². The summed E-state index contributed by atoms with van der Waals surface area (Å²) < 4.78 is 1.51. The first-order chi connectivity index (χ1) is 14.5. The number of amides is 1. The van der Waals surface area contributed by atoms with Gasteiger partial charge >= 0.3 is 0 Å². The second-order valence-electron chi connectivity index (χ2n) is 6.90. The molecule has 1 amide bonds. The summed E-state index contributed by atoms with van der Waals surface area (Å²) in [5.74, 6) is 0.311. The summed E-state index contributed by atoms with van der Waals surface area (Å²) in [6.07, 6.45) is 6.88. The number of pyridine rings is 2. The van der Waals surface area contributed by atoms with Crippen LogP contribution in [-0.2, 0) is 11.3 Å². The number of fused-ring (bicyclic) bond motifs is 1. The molecular formula is C21H21N7O2. The molecular weight excluding hydrogens is 382 g/mol. The van der Waals surface area contributed by atoms with Crippen molar-refractivity contribution in [2.45, 2.75) is 20.4 Å². The van der Waals surface area contributed by atoms with E-state index < -0.39 is 0 Å². The minimum atomic E-state index is -0.148. The lowest BCUT2D eigenvalue weighted by molar-refractivity contribution is -0.121. The summed E-state index contributed by atoms with van der Waals surface area (Å²) in [6, 6.07) is 5.55. The summed E-state index contributed by atoms with van der Waals surface area (Å²) in [5, 5.41) is 18.1. The number of nitrogens with zero attached hydrogens (tertiary/aromatic N) is 5. The average molecular weight is 403 g/mol. The van der Waals surface area contributed by atoms with Crippen LogP contribution in [0.3, 0.4) is 0 Å². The van der Waals surface area contributed by atoms with E-state index in [-0.39, 0.29) is 18.3 Å². The number of aromatic nitrogens is 5. The summed E-state index contributed by atoms with van der Waals surface area (Å²) in [4.78, 5) is 27.7. The number of aromatic hydroxyl groups is 1. The molecule has 4 rings (SSSR count). The van der Waals surface area contributed by atoms with E-state index in [1.54, 1.807) is 44.8 Å². The first kappa shape index (κ1) is 19.3. The van der Waals surface area contributed by atoms with Crippen molar-refractivity contribution in [1.29, 1.82) is 0 Å². The molecule has 9 nitrogen and oxygen atoms in total. The molecule has 9 heteroatoms. The Morgan fingerprint density at radius 2 is 2.17 bits per heavy atom. The molecule has 0 unspecified atom stereocenters. The van der Waals surface area contributed by atoms with Crippen molar-refractivity contribution >= 4 is 28.3 Å². The molecule has 0 atom stereocenters. The maximum atomic E-state index is 11.5. The van der Waals surface area contributed by atoms with Crippen LogP contribution in [0.5, 0.6) is 5.88 Å². The van der Waals surface area contributed by atoms with Crippen LogP contribution in [0.15, 0.2) is 48.0 Å². The Morgan fingerprint density at radius 1 is 1.33 bits per heavy atom. The fraction of sp³-hybridized carbons (Fsp3) is 0.190. The summed E-state index contributed by atoms with van der Waals surface area (Å²) in [7, 11) is 1.57. The number of likely N-dealkylation sites (N-methyl/N-ethyl adjacent to an activating group) is 1. The molecule has 4 aromatic heterocycles. The highest BCUT2D eigenvalue weighted by atomic mass is 16.3. The number of nitrogens with one attached hydrogen (secondary N) is 2. The fourth-order valence-corrected chi connectivity index (χ4v) is 3.28. The smallest absolute Gasteiger partial charge is 0.241 e. The lowest BCUT2D eigenvalue weighted by Gasteiger charge is -2.05. The Hall–Kier alpha value is -4.01. The van der Waals surface area contributed by atoms with Gasteiger partial charge in [0.25, 0.3) is 0 Å². The van der Waals surface area contributed by atoms with Gasteiger partial charge < -0.3 is 15.4 Å². The van der Waals surface area contributed by atoms with E-state index in [1.165, 1.54) is 4.68 Å². The number of carbonyl (C=O) groups excluding carboxylic acids is 1. The predicted molar refractivity (Wildman–Crippen MR) is 114 cm³/mol. The number of carbonyl (C=O) groups is 1. The zero-order chi connectivity index (χ0) is 21.3. The molecule has 4 heterocycles. The topological polar surface area (TPSA) is 121 Å². The second kappa shape index (κ2) is 7.78. The van der Waals surface area contributed by atoms with E-state index >= 15 is 0 Å². The van der Waals surface area contributed by atoms with Crippen molar-refractivity contribution in [3.8, 4) is 17.1 Å². The van der Waals surface area contributed by atoms with Gasteiger partial charge in [0.1, 0.15) is 6.54 Å². The molecule has 152 valence electrons. The van der Waals surface area contributed by atoms with Crippen molar-refractivity contribution in [2.24, 2.45) is 4.99 Å². The maximum Gasteiger partial charge on any atom is 0.241 e. The van der Waals surface area contributed by atoms with Gasteiger partial charge in [0.15, 0.2) is 11.7 Å². The first-order valence-electron chi connectivity index (χ1n) is 9.37. The van der Waals surface area contributed by atoms with Crippen molar-refractivity contribution in [3.63, 3.8) is 0 Å². The fourth-order valence-electron chi connectivity index (χ4n) is 3.28. The Labute approximate surface area is 172 Å². The van der Waals surface area contributed by atoms with Crippen LogP contribution in [0.4, 0.5) is 5.82 Å². The maximum absolute atomic E-state index is 11.5. The second-order valence-corrected chi connectivity index (χ2v) is 6.90. The number of aryl methyl sites for hydroxylation is 1. The third kappa shape index (κ3) is 3.64. The highest BCUT2D eigenvalue weighted by molar-refractivity contribution is 6.13. The van der Waals surface area contributed by atoms with Crippen molar-refractivity contribution < 1.29 is 9.90 Å². The number of rotatable bonds is 5. The van der Waals surface area contributed by atoms with Gasteiger partial charge in [0, 0.05) is 42.7 Å². The Bertz CT molecular complexity index is 1270. The first-order valence-corrected chi connectivity index (χ1v) is 9.37. The Kier molecular flexibility index (Phi) is 5.01. The van der Waals surface area contributed by atoms with E-state index in [0.29, 0.717) is 22.6 Å². The number of aromatic amines is 1. The zero-order valence-electron chi connectivity index (χ0n) is 16.8. The monoisotopic (exact) mass is 403 g/mol. The molecule has 0 radical (unpaired) electrons. The zero-order valence-corrected chi connectivity index (χ0v) is 16.8. The molecule has 0 aromatic carbocycles. The van der Waals surface area contributed by atoms with Gasteiger partial charge in [0.2, 0.25) is 5.91 Å². The van der Waals surface area contributed by atoms with Crippen LogP contribution < -0.4 is 5.32 Å². The predicted octanol–water partition coefficient (Wildman–Crippen LogP) is 2.72. The van der Waals surface area contributed by atoms with Gasteiger partial charge in [-0.25, -0.2) is 4.99 Å². The van der Waals surface area contributed by atoms with Gasteiger partial charge in [-0.1, -0.05) is 0 Å². The van der Waals surface area contributed by atoms with Crippen molar-refractivity contribution in [3.05, 3.63) is 54.1 Å². The van der Waals surface area contributed by atoms with Crippen LogP contribution in [0.25, 0.3) is 22.2 Å². The third-order valence-corrected chi connectivity index (χ3v) is 4.83. The van der Waals surface area contributed by atoms with E-state index in [9.17, 15) is 9.90 Å². The van der Waals surface area contributed by atoms with Crippen LogP contribution in [0.1, 0.15) is 18.1 Å². The SMILES string of the molecule is CNC(=O)Cn1ccc(N=C(C)c2c(O)[nH]c3cnc(-c4cnccc4C)cc23)n1. The van der Waals surface area contributed by atoms with Crippen molar-refractivity contribution in [1.82, 2.24) is 30.0 Å².